The quantitative estimate of drug-likeness (QED) is 0.418. The maximum Gasteiger partial charge on any atom is 0.243 e. The van der Waals surface area contributed by atoms with Gasteiger partial charge in [-0.25, -0.2) is 17.5 Å². The van der Waals surface area contributed by atoms with Gasteiger partial charge < -0.3 is 15.3 Å². The summed E-state index contributed by atoms with van der Waals surface area (Å²) >= 11 is 0. The van der Waals surface area contributed by atoms with Crippen molar-refractivity contribution in [1.29, 1.82) is 0 Å². The number of aromatic nitrogens is 2. The predicted molar refractivity (Wildman–Crippen MR) is 149 cm³/mol. The fraction of sp³-hybridized carbons (Fsp3) is 0.286. The van der Waals surface area contributed by atoms with Gasteiger partial charge in [-0.2, -0.15) is 9.40 Å². The summed E-state index contributed by atoms with van der Waals surface area (Å²) in [4.78, 5) is 6.19. The highest BCUT2D eigenvalue weighted by atomic mass is 32.2. The molecular formula is C28H31FN6O3S. The van der Waals surface area contributed by atoms with Crippen LogP contribution in [0.4, 0.5) is 10.1 Å². The molecule has 0 saturated carbocycles. The Kier molecular flexibility index (Phi) is 7.76. The third kappa shape index (κ3) is 5.57. The van der Waals surface area contributed by atoms with Gasteiger partial charge in [0.05, 0.1) is 10.6 Å². The minimum Gasteiger partial charge on any atom is -0.382 e. The Morgan fingerprint density at radius 1 is 1.18 bits per heavy atom. The molecule has 0 radical (unpaired) electrons. The highest BCUT2D eigenvalue weighted by molar-refractivity contribution is 7.89. The lowest BCUT2D eigenvalue weighted by atomic mass is 10.0. The van der Waals surface area contributed by atoms with E-state index in [2.05, 4.69) is 27.0 Å². The number of benzene rings is 2. The second-order valence-electron chi connectivity index (χ2n) is 9.60. The van der Waals surface area contributed by atoms with Crippen LogP contribution in [0.5, 0.6) is 0 Å². The smallest absolute Gasteiger partial charge is 0.243 e. The van der Waals surface area contributed by atoms with E-state index in [9.17, 15) is 17.9 Å². The van der Waals surface area contributed by atoms with Gasteiger partial charge in [-0.1, -0.05) is 17.7 Å². The van der Waals surface area contributed by atoms with Crippen molar-refractivity contribution in [2.24, 2.45) is 4.99 Å². The molecule has 1 unspecified atom stereocenters. The monoisotopic (exact) mass is 550 g/mol. The Morgan fingerprint density at radius 3 is 2.67 bits per heavy atom. The summed E-state index contributed by atoms with van der Waals surface area (Å²) in [5.74, 6) is -0.687. The molecule has 5 rings (SSSR count). The number of nitrogens with zero attached hydrogens (tertiary/aromatic N) is 5. The summed E-state index contributed by atoms with van der Waals surface area (Å²) in [6.45, 7) is 9.27. The Balaban J connectivity index is 1.34. The largest absolute Gasteiger partial charge is 0.382 e. The number of nitrogens with one attached hydrogen (secondary N) is 1. The Bertz CT molecular complexity index is 1530. The third-order valence-corrected chi connectivity index (χ3v) is 8.86. The Labute approximate surface area is 227 Å². The summed E-state index contributed by atoms with van der Waals surface area (Å²) in [6, 6.07) is 13.2. The molecule has 1 fully saturated rings. The molecule has 0 bridgehead atoms. The van der Waals surface area contributed by atoms with Crippen molar-refractivity contribution in [1.82, 2.24) is 19.4 Å². The summed E-state index contributed by atoms with van der Waals surface area (Å²) < 4.78 is 44.1. The maximum absolute atomic E-state index is 14.8. The van der Waals surface area contributed by atoms with Gasteiger partial charge in [0.1, 0.15) is 17.6 Å². The zero-order valence-electron chi connectivity index (χ0n) is 21.7. The van der Waals surface area contributed by atoms with Crippen molar-refractivity contribution in [3.8, 4) is 5.69 Å². The van der Waals surface area contributed by atoms with Crippen LogP contribution in [0.2, 0.25) is 0 Å². The van der Waals surface area contributed by atoms with Crippen LogP contribution in [0.15, 0.2) is 93.7 Å². The molecule has 2 N–H and O–H groups in total. The van der Waals surface area contributed by atoms with Gasteiger partial charge in [-0.15, -0.1) is 0 Å². The van der Waals surface area contributed by atoms with Gasteiger partial charge in [0.2, 0.25) is 10.0 Å². The average Bonchev–Trinajstić information content (AvgIpc) is 3.62. The molecule has 39 heavy (non-hydrogen) atoms. The fourth-order valence-corrected chi connectivity index (χ4v) is 6.32. The molecule has 0 spiro atoms. The highest BCUT2D eigenvalue weighted by Crippen LogP contribution is 2.31. The number of sulfonamides is 1. The maximum atomic E-state index is 14.8. The van der Waals surface area contributed by atoms with Gasteiger partial charge in [0.15, 0.2) is 0 Å². The molecule has 9 nitrogen and oxygen atoms in total. The van der Waals surface area contributed by atoms with Crippen molar-refractivity contribution >= 4 is 22.4 Å². The number of rotatable bonds is 8. The van der Waals surface area contributed by atoms with E-state index in [1.54, 1.807) is 18.3 Å². The number of halogens is 1. The molecule has 0 aliphatic carbocycles. The number of piperazine rings is 1. The number of hydrogen-bond acceptors (Lipinski definition) is 7. The molecule has 3 heterocycles. The first kappa shape index (κ1) is 26.9. The van der Waals surface area contributed by atoms with E-state index in [4.69, 9.17) is 0 Å². The molecule has 0 amide bonds. The van der Waals surface area contributed by atoms with E-state index < -0.39 is 21.9 Å². The number of aliphatic hydroxyl groups is 1. The molecule has 1 atom stereocenters. The topological polar surface area (TPSA) is 103 Å². The van der Waals surface area contributed by atoms with Gasteiger partial charge >= 0.3 is 0 Å². The molecule has 2 aliphatic heterocycles. The first-order valence-electron chi connectivity index (χ1n) is 12.7. The van der Waals surface area contributed by atoms with Crippen molar-refractivity contribution in [3.05, 3.63) is 95.2 Å². The highest BCUT2D eigenvalue weighted by Gasteiger charge is 2.31. The van der Waals surface area contributed by atoms with Crippen LogP contribution >= 0.6 is 0 Å². The van der Waals surface area contributed by atoms with Crippen LogP contribution in [0.25, 0.3) is 5.69 Å². The van der Waals surface area contributed by atoms with Crippen LogP contribution in [0.1, 0.15) is 18.6 Å². The van der Waals surface area contributed by atoms with Gasteiger partial charge in [0, 0.05) is 57.3 Å². The first-order valence-corrected chi connectivity index (χ1v) is 14.1. The molecule has 3 aromatic rings. The minimum atomic E-state index is -3.97. The third-order valence-electron chi connectivity index (χ3n) is 7.07. The molecule has 1 aromatic heterocycles. The lowest BCUT2D eigenvalue weighted by molar-refractivity contribution is 0.214. The van der Waals surface area contributed by atoms with Crippen molar-refractivity contribution < 1.29 is 17.9 Å². The van der Waals surface area contributed by atoms with E-state index in [1.165, 1.54) is 27.3 Å². The molecule has 204 valence electrons. The van der Waals surface area contributed by atoms with Crippen LogP contribution in [0, 0.1) is 5.82 Å². The summed E-state index contributed by atoms with van der Waals surface area (Å²) in [5, 5.41) is 18.5. The average molecular weight is 551 g/mol. The second-order valence-corrected chi connectivity index (χ2v) is 11.5. The normalized spacial score (nSPS) is 18.0. The zero-order chi connectivity index (χ0) is 27.6. The van der Waals surface area contributed by atoms with Crippen molar-refractivity contribution in [2.45, 2.75) is 17.9 Å². The molecule has 2 aliphatic rings. The van der Waals surface area contributed by atoms with Crippen LogP contribution in [0.3, 0.4) is 0 Å². The van der Waals surface area contributed by atoms with Gasteiger partial charge in [-0.3, -0.25) is 4.99 Å². The zero-order valence-corrected chi connectivity index (χ0v) is 22.5. The molecule has 11 heteroatoms. The predicted octanol–water partition coefficient (Wildman–Crippen LogP) is 3.06. The summed E-state index contributed by atoms with van der Waals surface area (Å²) in [5.41, 5.74) is 3.72. The Hall–Kier alpha value is -3.64. The van der Waals surface area contributed by atoms with E-state index in [-0.39, 0.29) is 23.7 Å². The molecular weight excluding hydrogens is 519 g/mol. The standard InChI is InChI=1S/C28H31FN6O3S/c1-20-18-34(39(37,38)24-7-8-27(25(29)17-24)35-12-4-9-32-35)19-22(20)16-26(30-2)28(36)21-5-3-6-23(15-21)33-13-10-31-11-14-33/h3-9,12,15-17,28,31,36H,2,10-11,13-14,18-19H2,1H3/b26-16-. The van der Waals surface area contributed by atoms with E-state index in [1.807, 2.05) is 31.2 Å². The van der Waals surface area contributed by atoms with Crippen molar-refractivity contribution in [2.75, 3.05) is 44.2 Å². The second kappa shape index (κ2) is 11.2. The van der Waals surface area contributed by atoms with Crippen LogP contribution in [-0.2, 0) is 10.0 Å². The van der Waals surface area contributed by atoms with Gasteiger partial charge in [-0.05, 0) is 67.3 Å². The van der Waals surface area contributed by atoms with E-state index >= 15 is 0 Å². The minimum absolute atomic E-state index is 0.0727. The summed E-state index contributed by atoms with van der Waals surface area (Å²) in [6.07, 6.45) is 3.77. The fourth-order valence-electron chi connectivity index (χ4n) is 4.85. The Morgan fingerprint density at radius 2 is 1.97 bits per heavy atom. The number of aliphatic imine (C=N–C) groups is 1. The van der Waals surface area contributed by atoms with Gasteiger partial charge in [0.25, 0.3) is 0 Å². The number of anilines is 1. The SMILES string of the molecule is C=N/C(=C\C1=C(C)CN(S(=O)(=O)c2ccc(-n3cccn3)c(F)c2)C1)C(O)c1cccc(N2CCNCC2)c1. The molecule has 2 aromatic carbocycles. The van der Waals surface area contributed by atoms with Crippen LogP contribution < -0.4 is 10.2 Å². The molecule has 1 saturated heterocycles. The number of hydrogen-bond donors (Lipinski definition) is 2. The van der Waals surface area contributed by atoms with E-state index in [0.29, 0.717) is 16.8 Å². The summed E-state index contributed by atoms with van der Waals surface area (Å²) in [7, 11) is -3.97. The number of aliphatic hydroxyl groups excluding tert-OH is 1. The lowest BCUT2D eigenvalue weighted by Gasteiger charge is -2.30. The lowest BCUT2D eigenvalue weighted by Crippen LogP contribution is -2.43. The van der Waals surface area contributed by atoms with Crippen LogP contribution in [-0.4, -0.2) is 73.6 Å². The van der Waals surface area contributed by atoms with E-state index in [0.717, 1.165) is 43.5 Å². The van der Waals surface area contributed by atoms with Crippen molar-refractivity contribution in [3.63, 3.8) is 0 Å². The first-order chi connectivity index (χ1) is 18.8.